The molecule has 0 saturated heterocycles. The Morgan fingerprint density at radius 3 is 2.86 bits per heavy atom. The van der Waals surface area contributed by atoms with E-state index in [4.69, 9.17) is 5.73 Å². The van der Waals surface area contributed by atoms with Crippen molar-refractivity contribution in [3.05, 3.63) is 29.6 Å². The fourth-order valence-electron chi connectivity index (χ4n) is 1.48. The molecule has 1 amide bonds. The van der Waals surface area contributed by atoms with Gasteiger partial charge in [-0.25, -0.2) is 4.98 Å². The Balaban J connectivity index is 2.73. The molecule has 0 bridgehead atoms. The smallest absolute Gasteiger partial charge is 0.250 e. The van der Waals surface area contributed by atoms with Gasteiger partial charge in [0.15, 0.2) is 0 Å². The van der Waals surface area contributed by atoms with Crippen LogP contribution in [-0.2, 0) is 7.05 Å². The normalized spacial score (nSPS) is 10.7. The Kier molecular flexibility index (Phi) is 1.77. The summed E-state index contributed by atoms with van der Waals surface area (Å²) in [5.74, 6) is -0.444. The molecule has 0 atom stereocenters. The van der Waals surface area contributed by atoms with E-state index in [0.29, 0.717) is 5.56 Å². The lowest BCUT2D eigenvalue weighted by molar-refractivity contribution is 0.1000. The number of aryl methyl sites for hydroxylation is 2. The molecule has 0 aliphatic carbocycles. The number of rotatable bonds is 1. The molecule has 0 aliphatic heterocycles. The van der Waals surface area contributed by atoms with Gasteiger partial charge in [-0.1, -0.05) is 0 Å². The van der Waals surface area contributed by atoms with E-state index in [1.165, 1.54) is 6.20 Å². The van der Waals surface area contributed by atoms with Gasteiger partial charge in [-0.15, -0.1) is 0 Å². The van der Waals surface area contributed by atoms with Crippen LogP contribution < -0.4 is 5.73 Å². The maximum Gasteiger partial charge on any atom is 0.250 e. The first kappa shape index (κ1) is 8.74. The van der Waals surface area contributed by atoms with Gasteiger partial charge < -0.3 is 10.3 Å². The predicted octanol–water partition coefficient (Wildman–Crippen LogP) is 0.981. The maximum absolute atomic E-state index is 10.9. The summed E-state index contributed by atoms with van der Waals surface area (Å²) >= 11 is 0. The number of primary amides is 1. The van der Waals surface area contributed by atoms with E-state index in [1.807, 2.05) is 24.6 Å². The number of nitrogens with two attached hydrogens (primary N) is 1. The molecular formula is C10H11N3O. The van der Waals surface area contributed by atoms with Crippen molar-refractivity contribution < 1.29 is 4.79 Å². The summed E-state index contributed by atoms with van der Waals surface area (Å²) in [6, 6.07) is 3.74. The van der Waals surface area contributed by atoms with E-state index in [0.717, 1.165) is 16.7 Å². The van der Waals surface area contributed by atoms with Crippen molar-refractivity contribution in [1.82, 2.24) is 9.55 Å². The van der Waals surface area contributed by atoms with Crippen molar-refractivity contribution in [2.24, 2.45) is 12.8 Å². The molecule has 4 nitrogen and oxygen atoms in total. The maximum atomic E-state index is 10.9. The van der Waals surface area contributed by atoms with E-state index in [-0.39, 0.29) is 0 Å². The second-order valence-corrected chi connectivity index (χ2v) is 3.35. The van der Waals surface area contributed by atoms with Gasteiger partial charge >= 0.3 is 0 Å². The summed E-state index contributed by atoms with van der Waals surface area (Å²) in [6.45, 7) is 1.99. The highest BCUT2D eigenvalue weighted by atomic mass is 16.1. The van der Waals surface area contributed by atoms with E-state index in [1.54, 1.807) is 6.07 Å². The van der Waals surface area contributed by atoms with Crippen molar-refractivity contribution in [2.75, 3.05) is 0 Å². The van der Waals surface area contributed by atoms with Crippen LogP contribution in [0.5, 0.6) is 0 Å². The van der Waals surface area contributed by atoms with Crippen LogP contribution >= 0.6 is 0 Å². The van der Waals surface area contributed by atoms with Crippen molar-refractivity contribution in [1.29, 1.82) is 0 Å². The molecule has 0 fully saturated rings. The summed E-state index contributed by atoms with van der Waals surface area (Å²) in [6.07, 6.45) is 1.50. The standard InChI is InChI=1S/C10H11N3O/c1-6-3-7-4-8(9(11)14)5-12-10(7)13(6)2/h3-5H,1-2H3,(H2,11,14). The molecule has 0 unspecified atom stereocenters. The van der Waals surface area contributed by atoms with Crippen molar-refractivity contribution in [2.45, 2.75) is 6.92 Å². The largest absolute Gasteiger partial charge is 0.366 e. The van der Waals surface area contributed by atoms with Crippen LogP contribution in [0.25, 0.3) is 11.0 Å². The highest BCUT2D eigenvalue weighted by Crippen LogP contribution is 2.16. The molecule has 0 aromatic carbocycles. The van der Waals surface area contributed by atoms with Gasteiger partial charge in [-0.2, -0.15) is 0 Å². The monoisotopic (exact) mass is 189 g/mol. The summed E-state index contributed by atoms with van der Waals surface area (Å²) in [4.78, 5) is 15.1. The zero-order valence-corrected chi connectivity index (χ0v) is 8.11. The minimum atomic E-state index is -0.444. The first-order valence-corrected chi connectivity index (χ1v) is 4.31. The lowest BCUT2D eigenvalue weighted by Gasteiger charge is -1.98. The Bertz CT molecular complexity index is 513. The molecule has 2 heterocycles. The molecule has 2 rings (SSSR count). The first-order valence-electron chi connectivity index (χ1n) is 4.31. The molecular weight excluding hydrogens is 178 g/mol. The topological polar surface area (TPSA) is 60.9 Å². The summed E-state index contributed by atoms with van der Waals surface area (Å²) < 4.78 is 1.97. The number of nitrogens with zero attached hydrogens (tertiary/aromatic N) is 2. The van der Waals surface area contributed by atoms with Crippen molar-refractivity contribution >= 4 is 16.9 Å². The number of hydrogen-bond donors (Lipinski definition) is 1. The zero-order chi connectivity index (χ0) is 10.3. The van der Waals surface area contributed by atoms with Crippen LogP contribution in [0, 0.1) is 6.92 Å². The molecule has 14 heavy (non-hydrogen) atoms. The first-order chi connectivity index (χ1) is 6.59. The molecule has 0 aliphatic rings. The Morgan fingerprint density at radius 2 is 2.21 bits per heavy atom. The minimum absolute atomic E-state index is 0.444. The molecule has 2 aromatic rings. The third-order valence-electron chi connectivity index (χ3n) is 2.39. The van der Waals surface area contributed by atoms with E-state index >= 15 is 0 Å². The third kappa shape index (κ3) is 1.16. The van der Waals surface area contributed by atoms with Crippen LogP contribution in [0.15, 0.2) is 18.3 Å². The number of carbonyl (C=O) groups excluding carboxylic acids is 1. The molecule has 2 N–H and O–H groups in total. The molecule has 0 saturated carbocycles. The van der Waals surface area contributed by atoms with Crippen molar-refractivity contribution in [3.8, 4) is 0 Å². The van der Waals surface area contributed by atoms with E-state index in [9.17, 15) is 4.79 Å². The van der Waals surface area contributed by atoms with Gasteiger partial charge in [0, 0.05) is 24.3 Å². The lowest BCUT2D eigenvalue weighted by atomic mass is 10.2. The number of carbonyl (C=O) groups is 1. The average molecular weight is 189 g/mol. The Hall–Kier alpha value is -1.84. The van der Waals surface area contributed by atoms with E-state index < -0.39 is 5.91 Å². The van der Waals surface area contributed by atoms with Gasteiger partial charge in [0.1, 0.15) is 5.65 Å². The predicted molar refractivity (Wildman–Crippen MR) is 54.0 cm³/mol. The van der Waals surface area contributed by atoms with Gasteiger partial charge in [-0.05, 0) is 19.1 Å². The Morgan fingerprint density at radius 1 is 1.50 bits per heavy atom. The lowest BCUT2D eigenvalue weighted by Crippen LogP contribution is -2.11. The number of fused-ring (bicyclic) bond motifs is 1. The second kappa shape index (κ2) is 2.83. The number of amides is 1. The van der Waals surface area contributed by atoms with Crippen LogP contribution in [0.3, 0.4) is 0 Å². The summed E-state index contributed by atoms with van der Waals surface area (Å²) in [7, 11) is 1.94. The molecule has 0 radical (unpaired) electrons. The average Bonchev–Trinajstić information content (AvgIpc) is 2.42. The zero-order valence-electron chi connectivity index (χ0n) is 8.11. The second-order valence-electron chi connectivity index (χ2n) is 3.35. The molecule has 0 spiro atoms. The number of pyridine rings is 1. The van der Waals surface area contributed by atoms with Crippen LogP contribution in [0.4, 0.5) is 0 Å². The van der Waals surface area contributed by atoms with Gasteiger partial charge in [0.2, 0.25) is 5.91 Å². The van der Waals surface area contributed by atoms with Crippen LogP contribution in [0.2, 0.25) is 0 Å². The summed E-state index contributed by atoms with van der Waals surface area (Å²) in [5.41, 5.74) is 7.58. The molecule has 2 aromatic heterocycles. The van der Waals surface area contributed by atoms with Crippen LogP contribution in [0.1, 0.15) is 16.1 Å². The van der Waals surface area contributed by atoms with Gasteiger partial charge in [0.05, 0.1) is 5.56 Å². The van der Waals surface area contributed by atoms with Crippen LogP contribution in [-0.4, -0.2) is 15.5 Å². The summed E-state index contributed by atoms with van der Waals surface area (Å²) in [5, 5.41) is 0.946. The fourth-order valence-corrected chi connectivity index (χ4v) is 1.48. The van der Waals surface area contributed by atoms with Gasteiger partial charge in [-0.3, -0.25) is 4.79 Å². The third-order valence-corrected chi connectivity index (χ3v) is 2.39. The van der Waals surface area contributed by atoms with Crippen molar-refractivity contribution in [3.63, 3.8) is 0 Å². The fraction of sp³-hybridized carbons (Fsp3) is 0.200. The Labute approximate surface area is 81.3 Å². The van der Waals surface area contributed by atoms with Gasteiger partial charge in [0.25, 0.3) is 0 Å². The van der Waals surface area contributed by atoms with E-state index in [2.05, 4.69) is 4.98 Å². The number of hydrogen-bond acceptors (Lipinski definition) is 2. The quantitative estimate of drug-likeness (QED) is 0.726. The molecule has 72 valence electrons. The molecule has 4 heteroatoms. The number of aromatic nitrogens is 2. The SMILES string of the molecule is Cc1cc2cc(C(N)=O)cnc2n1C. The minimum Gasteiger partial charge on any atom is -0.366 e. The highest BCUT2D eigenvalue weighted by molar-refractivity contribution is 5.95. The highest BCUT2D eigenvalue weighted by Gasteiger charge is 2.06.